The Morgan fingerprint density at radius 1 is 1.08 bits per heavy atom. The second-order valence-corrected chi connectivity index (χ2v) is 7.85. The summed E-state index contributed by atoms with van der Waals surface area (Å²) in [6.07, 6.45) is 5.30. The second kappa shape index (κ2) is 8.35. The Kier molecular flexibility index (Phi) is 6.42. The summed E-state index contributed by atoms with van der Waals surface area (Å²) in [5.74, 6) is -0.143. The molecule has 1 heterocycles. The van der Waals surface area contributed by atoms with Gasteiger partial charge in [-0.3, -0.25) is 4.79 Å². The van der Waals surface area contributed by atoms with E-state index >= 15 is 0 Å². The molecule has 1 aromatic carbocycles. The summed E-state index contributed by atoms with van der Waals surface area (Å²) in [6.45, 7) is 3.94. The molecule has 0 spiro atoms. The lowest BCUT2D eigenvalue weighted by Crippen LogP contribution is -2.35. The van der Waals surface area contributed by atoms with Crippen molar-refractivity contribution in [1.29, 1.82) is 0 Å². The molecule has 0 saturated carbocycles. The number of carbonyl (C=O) groups excluding carboxylic acids is 1. The van der Waals surface area contributed by atoms with Gasteiger partial charge in [0.25, 0.3) is 10.0 Å². The van der Waals surface area contributed by atoms with Crippen LogP contribution in [0.1, 0.15) is 44.3 Å². The van der Waals surface area contributed by atoms with Crippen LogP contribution in [0.25, 0.3) is 0 Å². The van der Waals surface area contributed by atoms with Gasteiger partial charge in [0, 0.05) is 18.3 Å². The Morgan fingerprint density at radius 2 is 1.65 bits per heavy atom. The molecule has 142 valence electrons. The number of hydrogen-bond acceptors (Lipinski definition) is 5. The van der Waals surface area contributed by atoms with Crippen molar-refractivity contribution in [2.75, 3.05) is 7.11 Å². The highest BCUT2D eigenvalue weighted by Gasteiger charge is 2.25. The number of ether oxygens (including phenoxy) is 1. The van der Waals surface area contributed by atoms with E-state index in [9.17, 15) is 18.0 Å². The van der Waals surface area contributed by atoms with Gasteiger partial charge in [0.15, 0.2) is 0 Å². The predicted molar refractivity (Wildman–Crippen MR) is 98.2 cm³/mol. The Bertz CT molecular complexity index is 904. The van der Waals surface area contributed by atoms with Crippen LogP contribution in [0, 0.1) is 5.92 Å². The van der Waals surface area contributed by atoms with Crippen LogP contribution >= 0.6 is 0 Å². The first-order valence-corrected chi connectivity index (χ1v) is 10.0. The van der Waals surface area contributed by atoms with Gasteiger partial charge in [0.2, 0.25) is 5.91 Å². The molecule has 26 heavy (non-hydrogen) atoms. The van der Waals surface area contributed by atoms with Crippen LogP contribution in [0.4, 0.5) is 0 Å². The fourth-order valence-corrected chi connectivity index (χ4v) is 4.07. The molecule has 0 saturated heterocycles. The van der Waals surface area contributed by atoms with E-state index in [4.69, 9.17) is 4.74 Å². The average molecular weight is 380 g/mol. The molecule has 0 atom stereocenters. The van der Waals surface area contributed by atoms with Crippen molar-refractivity contribution < 1.29 is 17.9 Å². The third kappa shape index (κ3) is 3.90. The second-order valence-electron chi connectivity index (χ2n) is 6.04. The SMILES string of the molecule is CCCC(CCC)C(=O)n1ccn(S(=O)(=O)c2ccc(OC)cc2)c1=O. The van der Waals surface area contributed by atoms with Crippen LogP contribution in [-0.2, 0) is 10.0 Å². The Hall–Kier alpha value is -2.35. The molecular weight excluding hydrogens is 356 g/mol. The van der Waals surface area contributed by atoms with E-state index in [-0.39, 0.29) is 16.7 Å². The first-order valence-electron chi connectivity index (χ1n) is 8.60. The van der Waals surface area contributed by atoms with Crippen molar-refractivity contribution in [2.45, 2.75) is 44.4 Å². The third-order valence-corrected chi connectivity index (χ3v) is 5.89. The largest absolute Gasteiger partial charge is 0.497 e. The molecule has 1 aromatic heterocycles. The van der Waals surface area contributed by atoms with Gasteiger partial charge >= 0.3 is 5.69 Å². The number of aromatic nitrogens is 2. The summed E-state index contributed by atoms with van der Waals surface area (Å²) < 4.78 is 31.9. The number of imidazole rings is 1. The van der Waals surface area contributed by atoms with Crippen molar-refractivity contribution in [2.24, 2.45) is 5.92 Å². The van der Waals surface area contributed by atoms with Crippen LogP contribution in [0.3, 0.4) is 0 Å². The Balaban J connectivity index is 2.40. The zero-order valence-electron chi connectivity index (χ0n) is 15.2. The third-order valence-electron chi connectivity index (χ3n) is 4.22. The summed E-state index contributed by atoms with van der Waals surface area (Å²) in [7, 11) is -2.61. The molecule has 0 amide bonds. The molecule has 0 bridgehead atoms. The minimum Gasteiger partial charge on any atom is -0.497 e. The minimum atomic E-state index is -4.08. The van der Waals surface area contributed by atoms with E-state index in [0.717, 1.165) is 23.6 Å². The standard InChI is InChI=1S/C18H24N2O5S/c1-4-6-14(7-5-2)17(21)19-12-13-20(18(19)22)26(23,24)16-10-8-15(25-3)9-11-16/h8-14H,4-7H2,1-3H3. The van der Waals surface area contributed by atoms with Crippen molar-refractivity contribution in [1.82, 2.24) is 8.54 Å². The number of methoxy groups -OCH3 is 1. The maximum atomic E-state index is 12.7. The number of nitrogens with zero attached hydrogens (tertiary/aromatic N) is 2. The number of hydrogen-bond donors (Lipinski definition) is 0. The smallest absolute Gasteiger partial charge is 0.349 e. The first-order chi connectivity index (χ1) is 12.4. The summed E-state index contributed by atoms with van der Waals surface area (Å²) >= 11 is 0. The lowest BCUT2D eigenvalue weighted by atomic mass is 9.97. The van der Waals surface area contributed by atoms with Crippen molar-refractivity contribution in [3.63, 3.8) is 0 Å². The van der Waals surface area contributed by atoms with E-state index in [1.165, 1.54) is 37.6 Å². The molecule has 2 rings (SSSR count). The summed E-state index contributed by atoms with van der Waals surface area (Å²) in [5, 5.41) is 0. The summed E-state index contributed by atoms with van der Waals surface area (Å²) in [5.41, 5.74) is -0.872. The predicted octanol–water partition coefficient (Wildman–Crippen LogP) is 2.75. The average Bonchev–Trinajstić information content (AvgIpc) is 3.03. The highest BCUT2D eigenvalue weighted by molar-refractivity contribution is 7.90. The van der Waals surface area contributed by atoms with E-state index in [0.29, 0.717) is 22.6 Å². The molecule has 0 radical (unpaired) electrons. The van der Waals surface area contributed by atoms with Gasteiger partial charge in [-0.25, -0.2) is 17.8 Å². The van der Waals surface area contributed by atoms with Gasteiger partial charge in [-0.2, -0.15) is 3.97 Å². The van der Waals surface area contributed by atoms with Gasteiger partial charge in [-0.15, -0.1) is 0 Å². The Morgan fingerprint density at radius 3 is 2.15 bits per heavy atom. The fraction of sp³-hybridized carbons (Fsp3) is 0.444. The highest BCUT2D eigenvalue weighted by atomic mass is 32.2. The maximum Gasteiger partial charge on any atom is 0.349 e. The van der Waals surface area contributed by atoms with Gasteiger partial charge in [0.1, 0.15) is 5.75 Å². The lowest BCUT2D eigenvalue weighted by molar-refractivity contribution is 0.0813. The number of rotatable bonds is 8. The van der Waals surface area contributed by atoms with E-state index in [1.54, 1.807) is 0 Å². The van der Waals surface area contributed by atoms with Crippen LogP contribution in [0.2, 0.25) is 0 Å². The molecule has 0 aliphatic carbocycles. The highest BCUT2D eigenvalue weighted by Crippen LogP contribution is 2.18. The molecule has 0 unspecified atom stereocenters. The molecule has 0 aliphatic heterocycles. The minimum absolute atomic E-state index is 0.0516. The van der Waals surface area contributed by atoms with Crippen LogP contribution in [-0.4, -0.2) is 30.0 Å². The molecule has 8 heteroatoms. The van der Waals surface area contributed by atoms with Gasteiger partial charge in [-0.1, -0.05) is 26.7 Å². The monoisotopic (exact) mass is 380 g/mol. The normalized spacial score (nSPS) is 11.7. The molecule has 7 nitrogen and oxygen atoms in total. The van der Waals surface area contributed by atoms with Crippen molar-refractivity contribution >= 4 is 15.9 Å². The fourth-order valence-electron chi connectivity index (χ4n) is 2.86. The Labute approximate surface area is 153 Å². The molecule has 0 fully saturated rings. The van der Waals surface area contributed by atoms with Crippen LogP contribution in [0.5, 0.6) is 5.75 Å². The zero-order valence-corrected chi connectivity index (χ0v) is 16.0. The van der Waals surface area contributed by atoms with Crippen molar-refractivity contribution in [3.8, 4) is 5.75 Å². The quantitative estimate of drug-likeness (QED) is 0.703. The molecular formula is C18H24N2O5S. The number of benzene rings is 1. The van der Waals surface area contributed by atoms with Crippen LogP contribution in [0.15, 0.2) is 46.3 Å². The van der Waals surface area contributed by atoms with Gasteiger partial charge in [-0.05, 0) is 37.1 Å². The van der Waals surface area contributed by atoms with E-state index in [1.807, 2.05) is 13.8 Å². The lowest BCUT2D eigenvalue weighted by Gasteiger charge is -2.13. The molecule has 2 aromatic rings. The molecule has 0 aliphatic rings. The maximum absolute atomic E-state index is 12.7. The number of carbonyl (C=O) groups is 1. The van der Waals surface area contributed by atoms with Crippen molar-refractivity contribution in [3.05, 3.63) is 47.1 Å². The topological polar surface area (TPSA) is 87.4 Å². The zero-order chi connectivity index (χ0) is 19.3. The molecule has 0 N–H and O–H groups in total. The summed E-state index contributed by atoms with van der Waals surface area (Å²) in [4.78, 5) is 25.2. The van der Waals surface area contributed by atoms with Gasteiger partial charge < -0.3 is 4.74 Å². The van der Waals surface area contributed by atoms with Crippen LogP contribution < -0.4 is 10.4 Å². The van der Waals surface area contributed by atoms with E-state index < -0.39 is 15.7 Å². The summed E-state index contributed by atoms with van der Waals surface area (Å²) in [6, 6.07) is 5.71. The van der Waals surface area contributed by atoms with Gasteiger partial charge in [0.05, 0.1) is 12.0 Å². The van der Waals surface area contributed by atoms with E-state index in [2.05, 4.69) is 0 Å². The first kappa shape index (κ1) is 20.0.